The Morgan fingerprint density at radius 3 is 2.81 bits per heavy atom. The first kappa shape index (κ1) is 17.4. The maximum absolute atomic E-state index is 12.4. The Hall–Kier alpha value is -2.99. The summed E-state index contributed by atoms with van der Waals surface area (Å²) in [4.78, 5) is 29.1. The average molecular weight is 377 g/mol. The van der Waals surface area contributed by atoms with Gasteiger partial charge in [0.1, 0.15) is 0 Å². The van der Waals surface area contributed by atoms with E-state index < -0.39 is 5.92 Å². The molecule has 1 atom stereocenters. The van der Waals surface area contributed by atoms with Crippen molar-refractivity contribution in [2.45, 2.75) is 26.2 Å². The molecule has 0 aliphatic carbocycles. The Morgan fingerprint density at radius 1 is 1.19 bits per heavy atom. The number of aryl methyl sites for hydroxylation is 2. The minimum Gasteiger partial charge on any atom is -0.325 e. The Labute approximate surface area is 161 Å². The van der Waals surface area contributed by atoms with Gasteiger partial charge in [-0.2, -0.15) is 0 Å². The highest BCUT2D eigenvalue weighted by molar-refractivity contribution is 7.14. The minimum absolute atomic E-state index is 0.0986. The van der Waals surface area contributed by atoms with Crippen molar-refractivity contribution in [3.05, 3.63) is 64.5 Å². The lowest BCUT2D eigenvalue weighted by Crippen LogP contribution is -2.20. The molecular formula is C21H19N3O2S. The number of amides is 2. The molecule has 0 saturated carbocycles. The molecule has 27 heavy (non-hydrogen) atoms. The first-order valence-corrected chi connectivity index (χ1v) is 9.62. The summed E-state index contributed by atoms with van der Waals surface area (Å²) in [5.74, 6) is -0.811. The monoisotopic (exact) mass is 377 g/mol. The van der Waals surface area contributed by atoms with Crippen molar-refractivity contribution in [3.63, 3.8) is 0 Å². The van der Waals surface area contributed by atoms with Gasteiger partial charge in [0, 0.05) is 23.1 Å². The van der Waals surface area contributed by atoms with E-state index in [0.717, 1.165) is 22.5 Å². The number of nitrogens with one attached hydrogen (secondary N) is 2. The molecule has 2 heterocycles. The second-order valence-electron chi connectivity index (χ2n) is 6.72. The molecule has 5 nitrogen and oxygen atoms in total. The Kier molecular flexibility index (Phi) is 4.49. The number of carbonyl (C=O) groups excluding carboxylic acids is 2. The van der Waals surface area contributed by atoms with Gasteiger partial charge >= 0.3 is 0 Å². The molecule has 1 aromatic heterocycles. The summed E-state index contributed by atoms with van der Waals surface area (Å²) in [5.41, 5.74) is 5.95. The number of para-hydroxylation sites is 1. The largest absolute Gasteiger partial charge is 0.325 e. The van der Waals surface area contributed by atoms with Crippen LogP contribution in [0.4, 0.5) is 10.8 Å². The summed E-state index contributed by atoms with van der Waals surface area (Å²) in [6, 6.07) is 13.7. The van der Waals surface area contributed by atoms with Crippen LogP contribution in [0.1, 0.15) is 29.0 Å². The molecule has 2 aromatic carbocycles. The quantitative estimate of drug-likeness (QED) is 0.704. The number of carbonyl (C=O) groups is 2. The summed E-state index contributed by atoms with van der Waals surface area (Å²) < 4.78 is 0. The zero-order chi connectivity index (χ0) is 19.0. The predicted molar refractivity (Wildman–Crippen MR) is 108 cm³/mol. The van der Waals surface area contributed by atoms with Gasteiger partial charge in [0.05, 0.1) is 11.6 Å². The van der Waals surface area contributed by atoms with E-state index in [4.69, 9.17) is 0 Å². The van der Waals surface area contributed by atoms with Crippen LogP contribution in [0.5, 0.6) is 0 Å². The molecule has 3 aromatic rings. The molecule has 2 amide bonds. The van der Waals surface area contributed by atoms with E-state index in [1.165, 1.54) is 22.5 Å². The van der Waals surface area contributed by atoms with Gasteiger partial charge in [-0.05, 0) is 42.7 Å². The van der Waals surface area contributed by atoms with Crippen LogP contribution in [0.25, 0.3) is 11.3 Å². The Bertz CT molecular complexity index is 1040. The molecule has 0 radical (unpaired) electrons. The smallest absolute Gasteiger partial charge is 0.232 e. The summed E-state index contributed by atoms with van der Waals surface area (Å²) in [5, 5.41) is 8.11. The number of aromatic nitrogens is 1. The Morgan fingerprint density at radius 2 is 2.00 bits per heavy atom. The van der Waals surface area contributed by atoms with Crippen LogP contribution < -0.4 is 10.6 Å². The molecule has 136 valence electrons. The van der Waals surface area contributed by atoms with E-state index in [1.54, 1.807) is 0 Å². The van der Waals surface area contributed by atoms with Gasteiger partial charge in [0.25, 0.3) is 0 Å². The van der Waals surface area contributed by atoms with Gasteiger partial charge in [0.15, 0.2) is 5.13 Å². The number of hydrogen-bond acceptors (Lipinski definition) is 4. The topological polar surface area (TPSA) is 71.1 Å². The van der Waals surface area contributed by atoms with Crippen LogP contribution in [0.3, 0.4) is 0 Å². The lowest BCUT2D eigenvalue weighted by Gasteiger charge is -2.08. The highest BCUT2D eigenvalue weighted by atomic mass is 32.1. The average Bonchev–Trinajstić information content (AvgIpc) is 3.22. The number of hydrogen-bond donors (Lipinski definition) is 2. The highest BCUT2D eigenvalue weighted by Gasteiger charge is 2.32. The fraction of sp³-hybridized carbons (Fsp3) is 0.190. The first-order valence-electron chi connectivity index (χ1n) is 8.74. The van der Waals surface area contributed by atoms with E-state index >= 15 is 0 Å². The van der Waals surface area contributed by atoms with Crippen molar-refractivity contribution < 1.29 is 9.59 Å². The van der Waals surface area contributed by atoms with Crippen molar-refractivity contribution in [1.29, 1.82) is 0 Å². The minimum atomic E-state index is -0.458. The van der Waals surface area contributed by atoms with Crippen LogP contribution in [0.2, 0.25) is 0 Å². The Balaban J connectivity index is 1.46. The fourth-order valence-corrected chi connectivity index (χ4v) is 3.93. The zero-order valence-electron chi connectivity index (χ0n) is 15.1. The predicted octanol–water partition coefficient (Wildman–Crippen LogP) is 4.49. The molecular weight excluding hydrogens is 358 g/mol. The van der Waals surface area contributed by atoms with Gasteiger partial charge in [-0.15, -0.1) is 11.3 Å². The fourth-order valence-electron chi connectivity index (χ4n) is 3.20. The summed E-state index contributed by atoms with van der Waals surface area (Å²) in [6.45, 7) is 4.14. The zero-order valence-corrected chi connectivity index (χ0v) is 15.9. The molecule has 0 spiro atoms. The second kappa shape index (κ2) is 6.96. The molecule has 4 rings (SSSR count). The summed E-state index contributed by atoms with van der Waals surface area (Å²) in [6.07, 6.45) is 0.0986. The molecule has 0 unspecified atom stereocenters. The number of anilines is 2. The van der Waals surface area contributed by atoms with Gasteiger partial charge in [0.2, 0.25) is 11.8 Å². The van der Waals surface area contributed by atoms with Crippen molar-refractivity contribution >= 4 is 34.0 Å². The van der Waals surface area contributed by atoms with Gasteiger partial charge in [-0.25, -0.2) is 4.98 Å². The van der Waals surface area contributed by atoms with Gasteiger partial charge in [-0.3, -0.25) is 9.59 Å². The van der Waals surface area contributed by atoms with E-state index in [-0.39, 0.29) is 18.2 Å². The third-order valence-corrected chi connectivity index (χ3v) is 5.61. The summed E-state index contributed by atoms with van der Waals surface area (Å²) >= 11 is 1.38. The lowest BCUT2D eigenvalue weighted by molar-refractivity contribution is -0.122. The van der Waals surface area contributed by atoms with Crippen molar-refractivity contribution in [2.75, 3.05) is 10.6 Å². The van der Waals surface area contributed by atoms with E-state index in [1.807, 2.05) is 35.7 Å². The number of rotatable bonds is 4. The van der Waals surface area contributed by atoms with Crippen LogP contribution >= 0.6 is 11.3 Å². The van der Waals surface area contributed by atoms with Crippen LogP contribution in [-0.2, 0) is 9.59 Å². The molecule has 2 N–H and O–H groups in total. The highest BCUT2D eigenvalue weighted by Crippen LogP contribution is 2.34. The van der Waals surface area contributed by atoms with Gasteiger partial charge in [-0.1, -0.05) is 30.3 Å². The standard InChI is InChI=1S/C21H19N3O2S/c1-12-7-8-14(9-13(12)2)18-11-27-21(23-18)24-19(25)10-16-15-5-3-4-6-17(15)22-20(16)26/h3-9,11,16H,10H2,1-2H3,(H,22,26)(H,23,24,25)/t16-/m1/s1. The number of nitrogens with zero attached hydrogens (tertiary/aromatic N) is 1. The van der Waals surface area contributed by atoms with Crippen LogP contribution in [-0.4, -0.2) is 16.8 Å². The van der Waals surface area contributed by atoms with Crippen molar-refractivity contribution in [1.82, 2.24) is 4.98 Å². The molecule has 0 saturated heterocycles. The SMILES string of the molecule is Cc1ccc(-c2csc(NC(=O)C[C@H]3C(=O)Nc4ccccc43)n2)cc1C. The summed E-state index contributed by atoms with van der Waals surface area (Å²) in [7, 11) is 0. The number of benzene rings is 2. The maximum Gasteiger partial charge on any atom is 0.232 e. The third-order valence-electron chi connectivity index (χ3n) is 4.85. The molecule has 1 aliphatic rings. The molecule has 0 fully saturated rings. The van der Waals surface area contributed by atoms with Gasteiger partial charge < -0.3 is 10.6 Å². The van der Waals surface area contributed by atoms with E-state index in [2.05, 4.69) is 41.6 Å². The normalized spacial score (nSPS) is 15.3. The molecule has 6 heteroatoms. The van der Waals surface area contributed by atoms with Crippen LogP contribution in [0, 0.1) is 13.8 Å². The van der Waals surface area contributed by atoms with E-state index in [0.29, 0.717) is 5.13 Å². The third kappa shape index (κ3) is 3.48. The number of fused-ring (bicyclic) bond motifs is 1. The molecule has 0 bridgehead atoms. The van der Waals surface area contributed by atoms with Crippen LogP contribution in [0.15, 0.2) is 47.8 Å². The van der Waals surface area contributed by atoms with Crippen molar-refractivity contribution in [2.24, 2.45) is 0 Å². The number of thiazole rings is 1. The second-order valence-corrected chi connectivity index (χ2v) is 7.58. The maximum atomic E-state index is 12.4. The molecule has 1 aliphatic heterocycles. The van der Waals surface area contributed by atoms with E-state index in [9.17, 15) is 9.59 Å². The lowest BCUT2D eigenvalue weighted by atomic mass is 9.97. The van der Waals surface area contributed by atoms with Crippen molar-refractivity contribution in [3.8, 4) is 11.3 Å². The first-order chi connectivity index (χ1) is 13.0.